The lowest BCUT2D eigenvalue weighted by Crippen LogP contribution is -2.33. The van der Waals surface area contributed by atoms with Gasteiger partial charge in [0, 0.05) is 11.1 Å². The van der Waals surface area contributed by atoms with Crippen molar-refractivity contribution in [2.24, 2.45) is 5.73 Å². The summed E-state index contributed by atoms with van der Waals surface area (Å²) in [5, 5.41) is 25.7. The quantitative estimate of drug-likeness (QED) is 0.627. The fraction of sp³-hybridized carbons (Fsp3) is 0.167. The van der Waals surface area contributed by atoms with E-state index < -0.39 is 23.9 Å². The second kappa shape index (κ2) is 5.17. The molecular formula is C12H12FN3O3. The number of aliphatic hydroxyl groups excluding tert-OH is 2. The molecule has 5 N–H and O–H groups in total. The number of nitrogens with zero attached hydrogens (tertiary/aromatic N) is 1. The monoisotopic (exact) mass is 265 g/mol. The van der Waals surface area contributed by atoms with Crippen LogP contribution in [0.3, 0.4) is 0 Å². The van der Waals surface area contributed by atoms with Crippen molar-refractivity contribution in [3.05, 3.63) is 41.8 Å². The minimum atomic E-state index is -1.74. The Balaban J connectivity index is 2.37. The van der Waals surface area contributed by atoms with Crippen LogP contribution < -0.4 is 5.73 Å². The van der Waals surface area contributed by atoms with E-state index in [4.69, 9.17) is 5.73 Å². The predicted molar refractivity (Wildman–Crippen MR) is 64.1 cm³/mol. The Morgan fingerprint density at radius 2 is 1.95 bits per heavy atom. The van der Waals surface area contributed by atoms with Crippen molar-refractivity contribution in [2.45, 2.75) is 12.2 Å². The molecule has 7 heteroatoms. The van der Waals surface area contributed by atoms with E-state index in [1.807, 2.05) is 0 Å². The molecule has 0 saturated heterocycles. The van der Waals surface area contributed by atoms with E-state index >= 15 is 0 Å². The molecule has 0 aliphatic heterocycles. The van der Waals surface area contributed by atoms with Gasteiger partial charge in [0.25, 0.3) is 0 Å². The smallest absolute Gasteiger partial charge is 0.249 e. The van der Waals surface area contributed by atoms with E-state index in [1.54, 1.807) is 0 Å². The van der Waals surface area contributed by atoms with Crippen LogP contribution in [0.15, 0.2) is 30.5 Å². The maximum absolute atomic E-state index is 12.8. The summed E-state index contributed by atoms with van der Waals surface area (Å²) < 4.78 is 12.8. The van der Waals surface area contributed by atoms with Gasteiger partial charge >= 0.3 is 0 Å². The summed E-state index contributed by atoms with van der Waals surface area (Å²) in [7, 11) is 0. The van der Waals surface area contributed by atoms with E-state index in [0.717, 1.165) is 0 Å². The van der Waals surface area contributed by atoms with Crippen LogP contribution in [0, 0.1) is 5.82 Å². The van der Waals surface area contributed by atoms with Crippen molar-refractivity contribution >= 4 is 5.91 Å². The van der Waals surface area contributed by atoms with Crippen molar-refractivity contribution in [3.8, 4) is 11.3 Å². The highest BCUT2D eigenvalue weighted by Gasteiger charge is 2.27. The third-order valence-corrected chi connectivity index (χ3v) is 2.71. The zero-order valence-electron chi connectivity index (χ0n) is 9.75. The average molecular weight is 265 g/mol. The Hall–Kier alpha value is -2.25. The predicted octanol–water partition coefficient (Wildman–Crippen LogP) is 0.0954. The number of nitrogens with one attached hydrogen (secondary N) is 1. The molecule has 0 aliphatic rings. The molecule has 2 unspecified atom stereocenters. The van der Waals surface area contributed by atoms with Crippen LogP contribution in [-0.2, 0) is 4.79 Å². The number of hydrogen-bond acceptors (Lipinski definition) is 4. The Morgan fingerprint density at radius 1 is 1.32 bits per heavy atom. The first-order valence-electron chi connectivity index (χ1n) is 5.45. The molecule has 6 nitrogen and oxygen atoms in total. The van der Waals surface area contributed by atoms with Crippen LogP contribution >= 0.6 is 0 Å². The molecule has 1 amide bonds. The molecule has 0 radical (unpaired) electrons. The van der Waals surface area contributed by atoms with Gasteiger partial charge in [-0.05, 0) is 24.3 Å². The van der Waals surface area contributed by atoms with E-state index in [-0.39, 0.29) is 5.56 Å². The third-order valence-electron chi connectivity index (χ3n) is 2.71. The summed E-state index contributed by atoms with van der Waals surface area (Å²) in [5.74, 6) is -1.44. The molecule has 1 aromatic carbocycles. The summed E-state index contributed by atoms with van der Waals surface area (Å²) in [6.07, 6.45) is -1.97. The highest BCUT2D eigenvalue weighted by Crippen LogP contribution is 2.27. The summed E-state index contributed by atoms with van der Waals surface area (Å²) >= 11 is 0. The van der Waals surface area contributed by atoms with Crippen LogP contribution in [0.2, 0.25) is 0 Å². The van der Waals surface area contributed by atoms with E-state index in [2.05, 4.69) is 10.2 Å². The maximum Gasteiger partial charge on any atom is 0.249 e. The number of hydrogen-bond donors (Lipinski definition) is 4. The molecule has 19 heavy (non-hydrogen) atoms. The molecule has 100 valence electrons. The van der Waals surface area contributed by atoms with Gasteiger partial charge in [-0.2, -0.15) is 5.10 Å². The lowest BCUT2D eigenvalue weighted by molar-refractivity contribution is -0.131. The molecule has 0 fully saturated rings. The first-order valence-corrected chi connectivity index (χ1v) is 5.45. The molecule has 2 aromatic rings. The zero-order valence-corrected chi connectivity index (χ0v) is 9.75. The van der Waals surface area contributed by atoms with Crippen molar-refractivity contribution in [3.63, 3.8) is 0 Å². The van der Waals surface area contributed by atoms with Crippen molar-refractivity contribution < 1.29 is 19.4 Å². The van der Waals surface area contributed by atoms with E-state index in [0.29, 0.717) is 11.3 Å². The van der Waals surface area contributed by atoms with Gasteiger partial charge in [-0.15, -0.1) is 0 Å². The van der Waals surface area contributed by atoms with Gasteiger partial charge in [-0.3, -0.25) is 9.89 Å². The molecule has 2 rings (SSSR count). The molecule has 2 atom stereocenters. The largest absolute Gasteiger partial charge is 0.385 e. The van der Waals surface area contributed by atoms with E-state index in [9.17, 15) is 19.4 Å². The summed E-state index contributed by atoms with van der Waals surface area (Å²) in [4.78, 5) is 10.9. The van der Waals surface area contributed by atoms with Crippen molar-refractivity contribution in [1.82, 2.24) is 10.2 Å². The second-order valence-corrected chi connectivity index (χ2v) is 4.00. The van der Waals surface area contributed by atoms with E-state index in [1.165, 1.54) is 30.5 Å². The number of H-pyrrole nitrogens is 1. The minimum absolute atomic E-state index is 0.206. The molecule has 0 spiro atoms. The lowest BCUT2D eigenvalue weighted by Gasteiger charge is -2.14. The number of carbonyl (C=O) groups excluding carboxylic acids is 1. The summed E-state index contributed by atoms with van der Waals surface area (Å²) in [6.45, 7) is 0. The van der Waals surface area contributed by atoms with Gasteiger partial charge in [0.05, 0.1) is 11.9 Å². The number of aromatic nitrogens is 2. The fourth-order valence-electron chi connectivity index (χ4n) is 1.69. The molecule has 0 saturated carbocycles. The number of amides is 1. The highest BCUT2D eigenvalue weighted by atomic mass is 19.1. The number of benzene rings is 1. The third kappa shape index (κ3) is 2.61. The van der Waals surface area contributed by atoms with Crippen molar-refractivity contribution in [1.29, 1.82) is 0 Å². The number of aromatic amines is 1. The first kappa shape index (κ1) is 13.2. The Kier molecular flexibility index (Phi) is 3.59. The van der Waals surface area contributed by atoms with Crippen LogP contribution in [0.1, 0.15) is 11.7 Å². The highest BCUT2D eigenvalue weighted by molar-refractivity contribution is 5.80. The Morgan fingerprint density at radius 3 is 2.53 bits per heavy atom. The normalized spacial score (nSPS) is 14.1. The van der Waals surface area contributed by atoms with Crippen LogP contribution in [0.5, 0.6) is 0 Å². The first-order chi connectivity index (χ1) is 9.00. The number of rotatable bonds is 4. The second-order valence-electron chi connectivity index (χ2n) is 4.00. The molecule has 1 heterocycles. The van der Waals surface area contributed by atoms with Crippen LogP contribution in [-0.4, -0.2) is 32.4 Å². The molecule has 0 bridgehead atoms. The fourth-order valence-corrected chi connectivity index (χ4v) is 1.69. The van der Waals surface area contributed by atoms with Crippen LogP contribution in [0.4, 0.5) is 4.39 Å². The van der Waals surface area contributed by atoms with Crippen molar-refractivity contribution in [2.75, 3.05) is 0 Å². The summed E-state index contributed by atoms with van der Waals surface area (Å²) in [5.41, 5.74) is 6.07. The van der Waals surface area contributed by atoms with Gasteiger partial charge in [0.2, 0.25) is 5.91 Å². The SMILES string of the molecule is NC(=O)C(O)C(O)c1cn[nH]c1-c1ccc(F)cc1. The molecule has 1 aromatic heterocycles. The number of halogens is 1. The lowest BCUT2D eigenvalue weighted by atomic mass is 10.0. The van der Waals surface area contributed by atoms with Gasteiger partial charge in [-0.25, -0.2) is 4.39 Å². The Bertz CT molecular complexity index is 582. The van der Waals surface area contributed by atoms with Gasteiger partial charge in [-0.1, -0.05) is 0 Å². The standard InChI is InChI=1S/C12H12FN3O3/c13-7-3-1-6(2-4-7)9-8(5-15-16-9)10(17)11(18)12(14)19/h1-5,10-11,17-18H,(H2,14,19)(H,15,16). The van der Waals surface area contributed by atoms with Gasteiger partial charge < -0.3 is 15.9 Å². The number of carbonyl (C=O) groups is 1. The zero-order chi connectivity index (χ0) is 14.0. The van der Waals surface area contributed by atoms with Gasteiger partial charge in [0.1, 0.15) is 11.9 Å². The average Bonchev–Trinajstić information content (AvgIpc) is 2.87. The Labute approximate surface area is 107 Å². The van der Waals surface area contributed by atoms with Gasteiger partial charge in [0.15, 0.2) is 6.10 Å². The number of nitrogens with two attached hydrogens (primary N) is 1. The summed E-state index contributed by atoms with van der Waals surface area (Å²) in [6, 6.07) is 5.46. The number of aliphatic hydroxyl groups is 2. The maximum atomic E-state index is 12.8. The topological polar surface area (TPSA) is 112 Å². The minimum Gasteiger partial charge on any atom is -0.385 e. The number of primary amides is 1. The molecular weight excluding hydrogens is 253 g/mol. The van der Waals surface area contributed by atoms with Crippen LogP contribution in [0.25, 0.3) is 11.3 Å². The molecule has 0 aliphatic carbocycles.